The zero-order chi connectivity index (χ0) is 20.1. The van der Waals surface area contributed by atoms with Gasteiger partial charge >= 0.3 is 5.97 Å². The number of aliphatic hydroxyl groups is 1. The van der Waals surface area contributed by atoms with Crippen LogP contribution in [0.25, 0.3) is 0 Å². The second-order valence-corrected chi connectivity index (χ2v) is 9.67. The van der Waals surface area contributed by atoms with Crippen LogP contribution in [0.4, 0.5) is 0 Å². The maximum atomic E-state index is 12.3. The van der Waals surface area contributed by atoms with Gasteiger partial charge in [0.15, 0.2) is 0 Å². The van der Waals surface area contributed by atoms with Crippen molar-refractivity contribution in [1.29, 1.82) is 0 Å². The van der Waals surface area contributed by atoms with Crippen molar-refractivity contribution in [3.05, 3.63) is 34.0 Å². The number of aromatic carboxylic acids is 1. The van der Waals surface area contributed by atoms with Gasteiger partial charge in [0.2, 0.25) is 0 Å². The highest BCUT2D eigenvalue weighted by atomic mass is 32.1. The molecule has 2 saturated carbocycles. The quantitative estimate of drug-likeness (QED) is 0.522. The summed E-state index contributed by atoms with van der Waals surface area (Å²) in [5, 5.41) is 19.6. The average molecular weight is 405 g/mol. The van der Waals surface area contributed by atoms with Gasteiger partial charge in [-0.25, -0.2) is 4.79 Å². The van der Waals surface area contributed by atoms with Crippen LogP contribution in [0.3, 0.4) is 0 Å². The molecule has 3 rings (SSSR count). The molecule has 0 aliphatic heterocycles. The van der Waals surface area contributed by atoms with Crippen LogP contribution in [0.15, 0.2) is 24.3 Å². The molecule has 1 aromatic heterocycles. The molecule has 0 spiro atoms. The smallest absolute Gasteiger partial charge is 0.345 e. The Bertz CT molecular complexity index is 710. The Labute approximate surface area is 171 Å². The molecule has 0 aromatic carbocycles. The van der Waals surface area contributed by atoms with E-state index in [4.69, 9.17) is 5.11 Å². The van der Waals surface area contributed by atoms with Crippen LogP contribution >= 0.6 is 11.3 Å². The lowest BCUT2D eigenvalue weighted by molar-refractivity contribution is -0.119. The first-order chi connectivity index (χ1) is 13.4. The van der Waals surface area contributed by atoms with Crippen molar-refractivity contribution >= 4 is 23.1 Å². The van der Waals surface area contributed by atoms with E-state index in [1.54, 1.807) is 6.07 Å². The second-order valence-electron chi connectivity index (χ2n) is 8.50. The van der Waals surface area contributed by atoms with Crippen molar-refractivity contribution in [3.8, 4) is 0 Å². The summed E-state index contributed by atoms with van der Waals surface area (Å²) in [6.45, 7) is 2.16. The summed E-state index contributed by atoms with van der Waals surface area (Å²) < 4.78 is 0. The van der Waals surface area contributed by atoms with Crippen molar-refractivity contribution in [3.63, 3.8) is 0 Å². The Balaban J connectivity index is 1.47. The van der Waals surface area contributed by atoms with Crippen LogP contribution < -0.4 is 0 Å². The van der Waals surface area contributed by atoms with E-state index < -0.39 is 5.97 Å². The van der Waals surface area contributed by atoms with Gasteiger partial charge in [-0.3, -0.25) is 4.79 Å². The van der Waals surface area contributed by atoms with Crippen LogP contribution in [0, 0.1) is 17.3 Å². The fourth-order valence-corrected chi connectivity index (χ4v) is 5.74. The Kier molecular flexibility index (Phi) is 7.10. The topological polar surface area (TPSA) is 74.6 Å². The number of allylic oxidation sites excluding steroid dienone is 1. The number of carbonyl (C=O) groups is 2. The number of hydrogen-bond donors (Lipinski definition) is 2. The number of carboxylic acid groups (broad SMARTS) is 1. The molecular formula is C23H32O4S. The lowest BCUT2D eigenvalue weighted by atomic mass is 9.63. The number of rotatable bonds is 10. The molecule has 0 radical (unpaired) electrons. The van der Waals surface area contributed by atoms with E-state index in [0.717, 1.165) is 49.8 Å². The molecule has 0 bridgehead atoms. The zero-order valence-corrected chi connectivity index (χ0v) is 17.5. The van der Waals surface area contributed by atoms with E-state index in [1.807, 2.05) is 12.1 Å². The minimum absolute atomic E-state index is 0.0101. The summed E-state index contributed by atoms with van der Waals surface area (Å²) in [7, 11) is 0. The van der Waals surface area contributed by atoms with Gasteiger partial charge in [-0.15, -0.1) is 11.3 Å². The summed E-state index contributed by atoms with van der Waals surface area (Å²) in [6, 6.07) is 3.57. The van der Waals surface area contributed by atoms with Gasteiger partial charge in [0.25, 0.3) is 0 Å². The second kappa shape index (κ2) is 9.36. The standard InChI is InChI=1S/C23H32O4S/c1-2-23(14-5-15-23)21(25)9-4-8-18-16(10-12-19(18)24)6-3-7-17-11-13-20(28-17)22(26)27/h4,8,11,13,16,18,21,25H,2-3,5-7,9-10,12,14-15H2,1H3,(H,26,27)/b8-4+/t16-,18?,21?/m0/s1. The first kappa shape index (κ1) is 21.3. The van der Waals surface area contributed by atoms with Crippen LogP contribution in [0.2, 0.25) is 0 Å². The van der Waals surface area contributed by atoms with E-state index in [0.29, 0.717) is 29.4 Å². The van der Waals surface area contributed by atoms with Crippen molar-refractivity contribution in [2.75, 3.05) is 0 Å². The number of thiophene rings is 1. The van der Waals surface area contributed by atoms with Gasteiger partial charge in [0, 0.05) is 17.2 Å². The number of hydrogen-bond acceptors (Lipinski definition) is 4. The highest BCUT2D eigenvalue weighted by Crippen LogP contribution is 2.47. The molecule has 0 amide bonds. The third-order valence-electron chi connectivity index (χ3n) is 6.97. The van der Waals surface area contributed by atoms with Gasteiger partial charge < -0.3 is 10.2 Å². The molecule has 1 heterocycles. The third-order valence-corrected chi connectivity index (χ3v) is 8.11. The normalized spacial score (nSPS) is 25.1. The van der Waals surface area contributed by atoms with E-state index in [-0.39, 0.29) is 17.4 Å². The maximum absolute atomic E-state index is 12.3. The molecule has 1 aromatic rings. The fraction of sp³-hybridized carbons (Fsp3) is 0.652. The monoisotopic (exact) mass is 404 g/mol. The molecule has 2 N–H and O–H groups in total. The highest BCUT2D eigenvalue weighted by molar-refractivity contribution is 7.13. The van der Waals surface area contributed by atoms with E-state index >= 15 is 0 Å². The molecule has 28 heavy (non-hydrogen) atoms. The number of carboxylic acids is 1. The Morgan fingerprint density at radius 2 is 2.18 bits per heavy atom. The van der Waals surface area contributed by atoms with Crippen molar-refractivity contribution in [2.45, 2.75) is 77.2 Å². The summed E-state index contributed by atoms with van der Waals surface area (Å²) in [6.07, 6.45) is 13.4. The summed E-state index contributed by atoms with van der Waals surface area (Å²) in [5.41, 5.74) is 0.110. The number of Topliss-reactive ketones (excluding diaryl/α,β-unsaturated/α-hetero) is 1. The number of ketones is 1. The third kappa shape index (κ3) is 4.74. The Morgan fingerprint density at radius 1 is 1.39 bits per heavy atom. The van der Waals surface area contributed by atoms with Crippen molar-refractivity contribution in [2.24, 2.45) is 17.3 Å². The Hall–Kier alpha value is -1.46. The molecule has 2 aliphatic carbocycles. The largest absolute Gasteiger partial charge is 0.477 e. The lowest BCUT2D eigenvalue weighted by Gasteiger charge is -2.45. The molecule has 0 saturated heterocycles. The van der Waals surface area contributed by atoms with Crippen molar-refractivity contribution in [1.82, 2.24) is 0 Å². The predicted molar refractivity (Wildman–Crippen MR) is 112 cm³/mol. The summed E-state index contributed by atoms with van der Waals surface area (Å²) >= 11 is 1.35. The highest BCUT2D eigenvalue weighted by Gasteiger charge is 2.41. The predicted octanol–water partition coefficient (Wildman–Crippen LogP) is 5.25. The van der Waals surface area contributed by atoms with E-state index in [1.165, 1.54) is 17.8 Å². The van der Waals surface area contributed by atoms with Crippen LogP contribution in [-0.2, 0) is 11.2 Å². The zero-order valence-electron chi connectivity index (χ0n) is 16.7. The molecule has 3 atom stereocenters. The molecule has 154 valence electrons. The van der Waals surface area contributed by atoms with Gasteiger partial charge in [0.1, 0.15) is 10.7 Å². The molecule has 2 fully saturated rings. The van der Waals surface area contributed by atoms with Crippen LogP contribution in [0.5, 0.6) is 0 Å². The van der Waals surface area contributed by atoms with Crippen LogP contribution in [0.1, 0.15) is 79.3 Å². The van der Waals surface area contributed by atoms with Gasteiger partial charge in [-0.05, 0) is 74.8 Å². The van der Waals surface area contributed by atoms with Gasteiger partial charge in [-0.1, -0.05) is 25.5 Å². The minimum Gasteiger partial charge on any atom is -0.477 e. The number of aryl methyl sites for hydroxylation is 1. The van der Waals surface area contributed by atoms with E-state index in [2.05, 4.69) is 13.0 Å². The Morgan fingerprint density at radius 3 is 2.79 bits per heavy atom. The molecule has 2 unspecified atom stereocenters. The summed E-state index contributed by atoms with van der Waals surface area (Å²) in [4.78, 5) is 24.8. The molecule has 4 nitrogen and oxygen atoms in total. The maximum Gasteiger partial charge on any atom is 0.345 e. The van der Waals surface area contributed by atoms with Gasteiger partial charge in [0.05, 0.1) is 6.10 Å². The molecular weight excluding hydrogens is 372 g/mol. The SMILES string of the molecule is CCC1(C(O)C/C=C/C2C(=O)CC[C@@H]2CCCc2ccc(C(=O)O)s2)CCC1. The lowest BCUT2D eigenvalue weighted by Crippen LogP contribution is -2.40. The molecule has 2 aliphatic rings. The van der Waals surface area contributed by atoms with Crippen molar-refractivity contribution < 1.29 is 19.8 Å². The fourth-order valence-electron chi connectivity index (χ4n) is 4.85. The minimum atomic E-state index is -0.864. The first-order valence-corrected chi connectivity index (χ1v) is 11.5. The number of aliphatic hydroxyl groups excluding tert-OH is 1. The first-order valence-electron chi connectivity index (χ1n) is 10.6. The number of carbonyl (C=O) groups excluding carboxylic acids is 1. The summed E-state index contributed by atoms with van der Waals surface area (Å²) in [5.74, 6) is -0.168. The molecule has 5 heteroatoms. The van der Waals surface area contributed by atoms with E-state index in [9.17, 15) is 14.7 Å². The van der Waals surface area contributed by atoms with Crippen LogP contribution in [-0.4, -0.2) is 28.1 Å². The average Bonchev–Trinajstić information content (AvgIpc) is 3.23. The van der Waals surface area contributed by atoms with Gasteiger partial charge in [-0.2, -0.15) is 0 Å².